The van der Waals surface area contributed by atoms with Crippen LogP contribution in [0.25, 0.3) is 0 Å². The third kappa shape index (κ3) is 2.23. The predicted octanol–water partition coefficient (Wildman–Crippen LogP) is 0.637. The van der Waals surface area contributed by atoms with Gasteiger partial charge in [0.2, 0.25) is 0 Å². The number of rotatable bonds is 2. The van der Waals surface area contributed by atoms with E-state index in [-0.39, 0.29) is 5.25 Å². The summed E-state index contributed by atoms with van der Waals surface area (Å²) in [6.45, 7) is 2.92. The van der Waals surface area contributed by atoms with E-state index in [1.807, 2.05) is 13.0 Å². The van der Waals surface area contributed by atoms with Gasteiger partial charge in [-0.15, -0.1) is 0 Å². The van der Waals surface area contributed by atoms with Crippen LogP contribution in [0.4, 0.5) is 0 Å². The second-order valence-electron chi connectivity index (χ2n) is 3.24. The third-order valence-electron chi connectivity index (χ3n) is 2.03. The molecular weight excluding hydrogens is 200 g/mol. The molecule has 0 spiro atoms. The Balaban J connectivity index is 2.03. The number of aliphatic hydroxyl groups excluding tert-OH is 1. The minimum Gasteiger partial charge on any atom is -0.389 e. The first-order valence-corrected chi connectivity index (χ1v) is 5.36. The summed E-state index contributed by atoms with van der Waals surface area (Å²) in [6, 6.07) is 1.85. The smallest absolute Gasteiger partial charge is 0.188 e. The molecule has 2 atom stereocenters. The molecule has 0 unspecified atom stereocenters. The summed E-state index contributed by atoms with van der Waals surface area (Å²) in [4.78, 5) is 8.38. The fourth-order valence-corrected chi connectivity index (χ4v) is 2.24. The van der Waals surface area contributed by atoms with Gasteiger partial charge >= 0.3 is 0 Å². The molecule has 1 aromatic heterocycles. The highest BCUT2D eigenvalue weighted by Gasteiger charge is 2.27. The van der Waals surface area contributed by atoms with E-state index in [1.54, 1.807) is 6.20 Å². The van der Waals surface area contributed by atoms with E-state index in [0.29, 0.717) is 18.4 Å². The maximum atomic E-state index is 9.52. The van der Waals surface area contributed by atoms with Crippen LogP contribution >= 0.6 is 11.8 Å². The van der Waals surface area contributed by atoms with Gasteiger partial charge in [0.15, 0.2) is 5.16 Å². The van der Waals surface area contributed by atoms with Crippen LogP contribution in [0.1, 0.15) is 5.69 Å². The fraction of sp³-hybridized carbons (Fsp3) is 0.556. The SMILES string of the molecule is Cc1ccnc(S[C@@H]2COC[C@H]2O)n1. The van der Waals surface area contributed by atoms with E-state index in [4.69, 9.17) is 4.74 Å². The van der Waals surface area contributed by atoms with Gasteiger partial charge in [0.25, 0.3) is 0 Å². The average Bonchev–Trinajstić information content (AvgIpc) is 2.52. The van der Waals surface area contributed by atoms with E-state index < -0.39 is 6.10 Å². The zero-order valence-corrected chi connectivity index (χ0v) is 8.70. The van der Waals surface area contributed by atoms with Gasteiger partial charge in [0.05, 0.1) is 24.6 Å². The van der Waals surface area contributed by atoms with Crippen molar-refractivity contribution in [2.45, 2.75) is 23.4 Å². The number of aromatic nitrogens is 2. The normalized spacial score (nSPS) is 26.7. The molecule has 1 aliphatic heterocycles. The molecule has 4 nitrogen and oxygen atoms in total. The van der Waals surface area contributed by atoms with Gasteiger partial charge in [-0.05, 0) is 13.0 Å². The Kier molecular flexibility index (Phi) is 3.00. The summed E-state index contributed by atoms with van der Waals surface area (Å²) in [7, 11) is 0. The molecule has 2 rings (SSSR count). The Bertz CT molecular complexity index is 321. The lowest BCUT2D eigenvalue weighted by Crippen LogP contribution is -2.20. The van der Waals surface area contributed by atoms with E-state index in [9.17, 15) is 5.11 Å². The molecule has 2 heterocycles. The summed E-state index contributed by atoms with van der Waals surface area (Å²) in [6.07, 6.45) is 1.33. The van der Waals surface area contributed by atoms with Crippen molar-refractivity contribution < 1.29 is 9.84 Å². The van der Waals surface area contributed by atoms with Crippen LogP contribution in [0.15, 0.2) is 17.4 Å². The minimum absolute atomic E-state index is 0.0665. The lowest BCUT2D eigenvalue weighted by atomic mass is 10.3. The Morgan fingerprint density at radius 1 is 1.57 bits per heavy atom. The van der Waals surface area contributed by atoms with Crippen molar-refractivity contribution in [3.63, 3.8) is 0 Å². The highest BCUT2D eigenvalue weighted by atomic mass is 32.2. The van der Waals surface area contributed by atoms with Crippen molar-refractivity contribution in [2.75, 3.05) is 13.2 Å². The summed E-state index contributed by atoms with van der Waals surface area (Å²) in [5, 5.41) is 10.3. The minimum atomic E-state index is -0.399. The summed E-state index contributed by atoms with van der Waals surface area (Å²) in [5.41, 5.74) is 0.941. The van der Waals surface area contributed by atoms with Gasteiger partial charge in [0, 0.05) is 11.9 Å². The number of thioether (sulfide) groups is 1. The zero-order chi connectivity index (χ0) is 9.97. The molecule has 0 aliphatic carbocycles. The second-order valence-corrected chi connectivity index (χ2v) is 4.45. The lowest BCUT2D eigenvalue weighted by molar-refractivity contribution is 0.127. The van der Waals surface area contributed by atoms with E-state index in [1.165, 1.54) is 11.8 Å². The Hall–Kier alpha value is -0.650. The molecule has 0 amide bonds. The molecule has 1 aromatic rings. The molecule has 0 radical (unpaired) electrons. The molecule has 0 aromatic carbocycles. The largest absolute Gasteiger partial charge is 0.389 e. The molecule has 0 bridgehead atoms. The summed E-state index contributed by atoms with van der Waals surface area (Å²) in [5.74, 6) is 0. The van der Waals surface area contributed by atoms with E-state index in [0.717, 1.165) is 5.69 Å². The molecule has 76 valence electrons. The lowest BCUT2D eigenvalue weighted by Gasteiger charge is -2.09. The van der Waals surface area contributed by atoms with Crippen LogP contribution in [0.2, 0.25) is 0 Å². The second kappa shape index (κ2) is 4.25. The first-order chi connectivity index (χ1) is 6.75. The van der Waals surface area contributed by atoms with Crippen molar-refractivity contribution in [1.29, 1.82) is 0 Å². The third-order valence-corrected chi connectivity index (χ3v) is 3.19. The molecule has 0 saturated carbocycles. The van der Waals surface area contributed by atoms with Gasteiger partial charge in [-0.2, -0.15) is 0 Å². The Morgan fingerprint density at radius 3 is 3.07 bits per heavy atom. The standard InChI is InChI=1S/C9H12N2O2S/c1-6-2-3-10-9(11-6)14-8-5-13-4-7(8)12/h2-3,7-8,12H,4-5H2,1H3/t7-,8-/m1/s1. The van der Waals surface area contributed by atoms with Crippen molar-refractivity contribution >= 4 is 11.8 Å². The number of ether oxygens (including phenoxy) is 1. The molecule has 1 saturated heterocycles. The van der Waals surface area contributed by atoms with Crippen molar-refractivity contribution in [2.24, 2.45) is 0 Å². The van der Waals surface area contributed by atoms with Crippen LogP contribution in [-0.2, 0) is 4.74 Å². The van der Waals surface area contributed by atoms with Gasteiger partial charge in [-0.25, -0.2) is 9.97 Å². The van der Waals surface area contributed by atoms with Gasteiger partial charge < -0.3 is 9.84 Å². The highest BCUT2D eigenvalue weighted by molar-refractivity contribution is 7.99. The molecule has 1 fully saturated rings. The van der Waals surface area contributed by atoms with Crippen LogP contribution in [-0.4, -0.2) is 39.6 Å². The molecular formula is C9H12N2O2S. The fourth-order valence-electron chi connectivity index (χ4n) is 1.25. The summed E-state index contributed by atoms with van der Waals surface area (Å²) >= 11 is 1.48. The molecule has 1 N–H and O–H groups in total. The van der Waals surface area contributed by atoms with Crippen LogP contribution < -0.4 is 0 Å². The van der Waals surface area contributed by atoms with E-state index in [2.05, 4.69) is 9.97 Å². The van der Waals surface area contributed by atoms with Crippen molar-refractivity contribution in [1.82, 2.24) is 9.97 Å². The van der Waals surface area contributed by atoms with Crippen LogP contribution in [0.5, 0.6) is 0 Å². The number of aliphatic hydroxyl groups is 1. The number of hydrogen-bond donors (Lipinski definition) is 1. The number of hydrogen-bond acceptors (Lipinski definition) is 5. The Labute approximate surface area is 86.7 Å². The number of aryl methyl sites for hydroxylation is 1. The predicted molar refractivity (Wildman–Crippen MR) is 53.2 cm³/mol. The summed E-state index contributed by atoms with van der Waals surface area (Å²) < 4.78 is 5.15. The van der Waals surface area contributed by atoms with Crippen molar-refractivity contribution in [3.8, 4) is 0 Å². The maximum Gasteiger partial charge on any atom is 0.188 e. The quantitative estimate of drug-likeness (QED) is 0.729. The van der Waals surface area contributed by atoms with Gasteiger partial charge in [0.1, 0.15) is 0 Å². The van der Waals surface area contributed by atoms with Gasteiger partial charge in [-0.1, -0.05) is 11.8 Å². The van der Waals surface area contributed by atoms with E-state index >= 15 is 0 Å². The first-order valence-electron chi connectivity index (χ1n) is 4.48. The van der Waals surface area contributed by atoms with Gasteiger partial charge in [-0.3, -0.25) is 0 Å². The number of nitrogens with zero attached hydrogens (tertiary/aromatic N) is 2. The molecule has 14 heavy (non-hydrogen) atoms. The monoisotopic (exact) mass is 212 g/mol. The average molecular weight is 212 g/mol. The zero-order valence-electron chi connectivity index (χ0n) is 7.88. The maximum absolute atomic E-state index is 9.52. The molecule has 5 heteroatoms. The molecule has 1 aliphatic rings. The van der Waals surface area contributed by atoms with Crippen LogP contribution in [0.3, 0.4) is 0 Å². The van der Waals surface area contributed by atoms with Crippen molar-refractivity contribution in [3.05, 3.63) is 18.0 Å². The first kappa shape index (κ1) is 9.89. The Morgan fingerprint density at radius 2 is 2.43 bits per heavy atom. The highest BCUT2D eigenvalue weighted by Crippen LogP contribution is 2.25. The topological polar surface area (TPSA) is 55.2 Å². The van der Waals surface area contributed by atoms with Crippen LogP contribution in [0, 0.1) is 6.92 Å².